The zero-order valence-electron chi connectivity index (χ0n) is 13.9. The lowest BCUT2D eigenvalue weighted by Gasteiger charge is -2.25. The Morgan fingerprint density at radius 2 is 1.92 bits per heavy atom. The molecule has 9 heteroatoms. The smallest absolute Gasteiger partial charge is 0.270 e. The standard InChI is InChI=1S/C16H17ClN2O5S/c1-4-18(14-9-12(17)6-8-15(14)24-3)25(22,23)16-10-13(19(20)21)7-5-11(16)2/h5-10H,4H2,1-3H3. The summed E-state index contributed by atoms with van der Waals surface area (Å²) in [6.45, 7) is 3.34. The topological polar surface area (TPSA) is 89.8 Å². The van der Waals surface area contributed by atoms with Gasteiger partial charge in [-0.25, -0.2) is 8.42 Å². The fourth-order valence-electron chi connectivity index (χ4n) is 2.43. The molecular formula is C16H17ClN2O5S. The Labute approximate surface area is 151 Å². The van der Waals surface area contributed by atoms with E-state index in [-0.39, 0.29) is 22.8 Å². The van der Waals surface area contributed by atoms with Crippen molar-refractivity contribution in [2.24, 2.45) is 0 Å². The van der Waals surface area contributed by atoms with Gasteiger partial charge in [-0.3, -0.25) is 14.4 Å². The fraction of sp³-hybridized carbons (Fsp3) is 0.250. The summed E-state index contributed by atoms with van der Waals surface area (Å²) in [4.78, 5) is 10.2. The second-order valence-corrected chi connectivity index (χ2v) is 7.46. The number of nitro groups is 1. The van der Waals surface area contributed by atoms with Crippen LogP contribution in [0.2, 0.25) is 5.02 Å². The number of nitro benzene ring substituents is 1. The van der Waals surface area contributed by atoms with Crippen molar-refractivity contribution >= 4 is 33.0 Å². The summed E-state index contributed by atoms with van der Waals surface area (Å²) >= 11 is 6.00. The molecule has 0 aliphatic rings. The summed E-state index contributed by atoms with van der Waals surface area (Å²) in [7, 11) is -2.63. The van der Waals surface area contributed by atoms with Gasteiger partial charge in [-0.1, -0.05) is 17.7 Å². The number of aryl methyl sites for hydroxylation is 1. The molecule has 0 unspecified atom stereocenters. The summed E-state index contributed by atoms with van der Waals surface area (Å²) in [6.07, 6.45) is 0. The van der Waals surface area contributed by atoms with Crippen molar-refractivity contribution in [2.75, 3.05) is 18.0 Å². The number of methoxy groups -OCH3 is 1. The summed E-state index contributed by atoms with van der Waals surface area (Å²) in [6, 6.07) is 8.37. The lowest BCUT2D eigenvalue weighted by Crippen LogP contribution is -2.31. The number of ether oxygens (including phenoxy) is 1. The third-order valence-electron chi connectivity index (χ3n) is 3.65. The number of anilines is 1. The van der Waals surface area contributed by atoms with Crippen LogP contribution in [0.25, 0.3) is 0 Å². The van der Waals surface area contributed by atoms with Gasteiger partial charge >= 0.3 is 0 Å². The fourth-order valence-corrected chi connectivity index (χ4v) is 4.32. The van der Waals surface area contributed by atoms with Crippen LogP contribution in [0.15, 0.2) is 41.3 Å². The number of halogens is 1. The van der Waals surface area contributed by atoms with E-state index in [4.69, 9.17) is 16.3 Å². The molecule has 2 aromatic rings. The Kier molecular flexibility index (Phi) is 5.54. The van der Waals surface area contributed by atoms with Gasteiger partial charge in [-0.05, 0) is 37.6 Å². The first-order valence-electron chi connectivity index (χ1n) is 7.33. The molecule has 0 N–H and O–H groups in total. The first-order chi connectivity index (χ1) is 11.7. The predicted octanol–water partition coefficient (Wildman–Crippen LogP) is 3.78. The summed E-state index contributed by atoms with van der Waals surface area (Å²) in [5.74, 6) is 0.331. The molecule has 0 spiro atoms. The quantitative estimate of drug-likeness (QED) is 0.558. The molecule has 0 bridgehead atoms. The summed E-state index contributed by atoms with van der Waals surface area (Å²) < 4.78 is 32.6. The molecule has 0 saturated carbocycles. The molecule has 0 fully saturated rings. The van der Waals surface area contributed by atoms with Crippen LogP contribution in [0.5, 0.6) is 5.75 Å². The molecule has 2 rings (SSSR count). The minimum Gasteiger partial charge on any atom is -0.495 e. The number of hydrogen-bond acceptors (Lipinski definition) is 5. The van der Waals surface area contributed by atoms with E-state index in [1.165, 1.54) is 25.3 Å². The predicted molar refractivity (Wildman–Crippen MR) is 96.0 cm³/mol. The van der Waals surface area contributed by atoms with Gasteiger partial charge in [-0.2, -0.15) is 0 Å². The first kappa shape index (κ1) is 19.0. The Morgan fingerprint density at radius 3 is 2.48 bits per heavy atom. The molecule has 0 radical (unpaired) electrons. The van der Waals surface area contributed by atoms with Gasteiger partial charge in [0.15, 0.2) is 0 Å². The van der Waals surface area contributed by atoms with Gasteiger partial charge < -0.3 is 4.74 Å². The Bertz CT molecular complexity index is 915. The highest BCUT2D eigenvalue weighted by molar-refractivity contribution is 7.92. The molecule has 0 aromatic heterocycles. The molecule has 0 aliphatic carbocycles. The maximum atomic E-state index is 13.1. The molecule has 25 heavy (non-hydrogen) atoms. The molecule has 134 valence electrons. The van der Waals surface area contributed by atoms with Crippen molar-refractivity contribution in [3.05, 3.63) is 57.1 Å². The zero-order valence-corrected chi connectivity index (χ0v) is 15.5. The van der Waals surface area contributed by atoms with Crippen LogP contribution in [0.4, 0.5) is 11.4 Å². The number of non-ortho nitro benzene ring substituents is 1. The number of nitrogens with zero attached hydrogens (tertiary/aromatic N) is 2. The molecular weight excluding hydrogens is 368 g/mol. The Morgan fingerprint density at radius 1 is 1.24 bits per heavy atom. The average Bonchev–Trinajstić information content (AvgIpc) is 2.55. The van der Waals surface area contributed by atoms with Crippen molar-refractivity contribution in [2.45, 2.75) is 18.7 Å². The van der Waals surface area contributed by atoms with Gasteiger partial charge in [0.2, 0.25) is 0 Å². The SMILES string of the molecule is CCN(c1cc(Cl)ccc1OC)S(=O)(=O)c1cc([N+](=O)[O-])ccc1C. The second-order valence-electron chi connectivity index (χ2n) is 5.19. The number of benzene rings is 2. The van der Waals surface area contributed by atoms with Gasteiger partial charge in [-0.15, -0.1) is 0 Å². The molecule has 0 atom stereocenters. The maximum Gasteiger partial charge on any atom is 0.270 e. The summed E-state index contributed by atoms with van der Waals surface area (Å²) in [5.41, 5.74) is 0.381. The largest absolute Gasteiger partial charge is 0.495 e. The monoisotopic (exact) mass is 384 g/mol. The third kappa shape index (κ3) is 3.69. The van der Waals surface area contributed by atoms with Crippen molar-refractivity contribution in [1.82, 2.24) is 0 Å². The first-order valence-corrected chi connectivity index (χ1v) is 9.15. The van der Waals surface area contributed by atoms with Crippen molar-refractivity contribution < 1.29 is 18.1 Å². The molecule has 0 amide bonds. The Balaban J connectivity index is 2.67. The highest BCUT2D eigenvalue weighted by Crippen LogP contribution is 2.35. The normalized spacial score (nSPS) is 11.2. The molecule has 0 aliphatic heterocycles. The van der Waals surface area contributed by atoms with Gasteiger partial charge in [0, 0.05) is 23.7 Å². The van der Waals surface area contributed by atoms with Crippen molar-refractivity contribution in [1.29, 1.82) is 0 Å². The minimum atomic E-state index is -4.05. The average molecular weight is 385 g/mol. The van der Waals surface area contributed by atoms with E-state index in [1.54, 1.807) is 26.0 Å². The molecule has 2 aromatic carbocycles. The van der Waals surface area contributed by atoms with E-state index in [9.17, 15) is 18.5 Å². The van der Waals surface area contributed by atoms with Crippen LogP contribution >= 0.6 is 11.6 Å². The number of hydrogen-bond donors (Lipinski definition) is 0. The van der Waals surface area contributed by atoms with Crippen LogP contribution in [0.1, 0.15) is 12.5 Å². The van der Waals surface area contributed by atoms with Crippen LogP contribution in [-0.4, -0.2) is 27.0 Å². The highest BCUT2D eigenvalue weighted by Gasteiger charge is 2.29. The van der Waals surface area contributed by atoms with E-state index < -0.39 is 14.9 Å². The van der Waals surface area contributed by atoms with Crippen LogP contribution in [0.3, 0.4) is 0 Å². The van der Waals surface area contributed by atoms with Crippen LogP contribution < -0.4 is 9.04 Å². The van der Waals surface area contributed by atoms with E-state index in [2.05, 4.69) is 0 Å². The van der Waals surface area contributed by atoms with Crippen LogP contribution in [0, 0.1) is 17.0 Å². The van der Waals surface area contributed by atoms with Crippen molar-refractivity contribution in [3.63, 3.8) is 0 Å². The lowest BCUT2D eigenvalue weighted by molar-refractivity contribution is -0.385. The van der Waals surface area contributed by atoms with Gasteiger partial charge in [0.25, 0.3) is 15.7 Å². The van der Waals surface area contributed by atoms with E-state index in [0.29, 0.717) is 16.3 Å². The summed E-state index contributed by atoms with van der Waals surface area (Å²) in [5, 5.41) is 11.4. The Hall–Kier alpha value is -2.32. The number of rotatable bonds is 6. The third-order valence-corrected chi connectivity index (χ3v) is 5.91. The second kappa shape index (κ2) is 7.28. The zero-order chi connectivity index (χ0) is 18.8. The van der Waals surface area contributed by atoms with Gasteiger partial charge in [0.05, 0.1) is 22.6 Å². The van der Waals surface area contributed by atoms with Crippen molar-refractivity contribution in [3.8, 4) is 5.75 Å². The molecule has 7 nitrogen and oxygen atoms in total. The van der Waals surface area contributed by atoms with E-state index >= 15 is 0 Å². The molecule has 0 saturated heterocycles. The van der Waals surface area contributed by atoms with Gasteiger partial charge in [0.1, 0.15) is 5.75 Å². The van der Waals surface area contributed by atoms with E-state index in [1.807, 2.05) is 0 Å². The minimum absolute atomic E-state index is 0.0984. The van der Waals surface area contributed by atoms with E-state index in [0.717, 1.165) is 10.4 Å². The lowest BCUT2D eigenvalue weighted by atomic mass is 10.2. The molecule has 0 heterocycles. The number of sulfonamides is 1. The highest BCUT2D eigenvalue weighted by atomic mass is 35.5. The maximum absolute atomic E-state index is 13.1. The van der Waals surface area contributed by atoms with Crippen LogP contribution in [-0.2, 0) is 10.0 Å².